The third-order valence-corrected chi connectivity index (χ3v) is 2.86. The number of rotatable bonds is 3. The van der Waals surface area contributed by atoms with Crippen LogP contribution in [0.3, 0.4) is 0 Å². The van der Waals surface area contributed by atoms with E-state index in [9.17, 15) is 4.79 Å². The van der Waals surface area contributed by atoms with E-state index in [1.165, 1.54) is 0 Å². The highest BCUT2D eigenvalue weighted by atomic mass is 16.2. The van der Waals surface area contributed by atoms with Gasteiger partial charge in [0, 0.05) is 26.2 Å². The molecule has 0 spiro atoms. The summed E-state index contributed by atoms with van der Waals surface area (Å²) in [7, 11) is 2.08. The summed E-state index contributed by atoms with van der Waals surface area (Å²) in [4.78, 5) is 16.1. The molecular formula is C11H23N3O. The molecule has 0 bridgehead atoms. The number of amides is 1. The lowest BCUT2D eigenvalue weighted by molar-refractivity contribution is -0.134. The first-order valence-electron chi connectivity index (χ1n) is 5.73. The molecule has 1 amide bonds. The number of hydrogen-bond donors (Lipinski definition) is 1. The SMILES string of the molecule is CC(C)C[C@H](N)C(=O)N1CCN(C)CC1. The van der Waals surface area contributed by atoms with Crippen LogP contribution in [-0.4, -0.2) is 55.0 Å². The van der Waals surface area contributed by atoms with E-state index in [0.29, 0.717) is 5.92 Å². The lowest BCUT2D eigenvalue weighted by Crippen LogP contribution is -2.52. The van der Waals surface area contributed by atoms with E-state index < -0.39 is 0 Å². The van der Waals surface area contributed by atoms with Gasteiger partial charge in [-0.2, -0.15) is 0 Å². The Balaban J connectivity index is 2.39. The molecule has 1 atom stereocenters. The van der Waals surface area contributed by atoms with Crippen molar-refractivity contribution in [3.8, 4) is 0 Å². The predicted octanol–water partition coefficient (Wildman–Crippen LogP) is 0.134. The number of carbonyl (C=O) groups excluding carboxylic acids is 1. The zero-order valence-electron chi connectivity index (χ0n) is 10.1. The number of likely N-dealkylation sites (N-methyl/N-ethyl adjacent to an activating group) is 1. The maximum atomic E-state index is 11.9. The van der Waals surface area contributed by atoms with Gasteiger partial charge in [-0.25, -0.2) is 0 Å². The summed E-state index contributed by atoms with van der Waals surface area (Å²) in [5.41, 5.74) is 5.88. The van der Waals surface area contributed by atoms with Crippen LogP contribution in [0, 0.1) is 5.92 Å². The van der Waals surface area contributed by atoms with Crippen LogP contribution >= 0.6 is 0 Å². The number of nitrogens with zero attached hydrogens (tertiary/aromatic N) is 2. The van der Waals surface area contributed by atoms with Crippen LogP contribution in [0.2, 0.25) is 0 Å². The van der Waals surface area contributed by atoms with Crippen molar-refractivity contribution in [3.63, 3.8) is 0 Å². The van der Waals surface area contributed by atoms with Crippen molar-refractivity contribution in [2.45, 2.75) is 26.3 Å². The van der Waals surface area contributed by atoms with Gasteiger partial charge >= 0.3 is 0 Å². The maximum absolute atomic E-state index is 11.9. The molecule has 0 unspecified atom stereocenters. The van der Waals surface area contributed by atoms with E-state index in [4.69, 9.17) is 5.73 Å². The molecule has 15 heavy (non-hydrogen) atoms. The zero-order valence-corrected chi connectivity index (χ0v) is 10.1. The van der Waals surface area contributed by atoms with Gasteiger partial charge in [0.05, 0.1) is 6.04 Å². The molecule has 0 aromatic carbocycles. The molecule has 1 aliphatic heterocycles. The normalized spacial score (nSPS) is 20.7. The lowest BCUT2D eigenvalue weighted by atomic mass is 10.0. The van der Waals surface area contributed by atoms with Crippen LogP contribution in [0.25, 0.3) is 0 Å². The van der Waals surface area contributed by atoms with Gasteiger partial charge in [-0.05, 0) is 19.4 Å². The van der Waals surface area contributed by atoms with Crippen LogP contribution < -0.4 is 5.73 Å². The Labute approximate surface area is 92.4 Å². The number of nitrogens with two attached hydrogens (primary N) is 1. The van der Waals surface area contributed by atoms with E-state index in [1.807, 2.05) is 4.90 Å². The molecule has 1 rings (SSSR count). The highest BCUT2D eigenvalue weighted by Crippen LogP contribution is 2.07. The predicted molar refractivity (Wildman–Crippen MR) is 61.5 cm³/mol. The van der Waals surface area contributed by atoms with Crippen LogP contribution in [-0.2, 0) is 4.79 Å². The summed E-state index contributed by atoms with van der Waals surface area (Å²) in [5.74, 6) is 0.605. The molecule has 1 fully saturated rings. The largest absolute Gasteiger partial charge is 0.339 e. The van der Waals surface area contributed by atoms with Gasteiger partial charge in [-0.3, -0.25) is 4.79 Å². The lowest BCUT2D eigenvalue weighted by Gasteiger charge is -2.34. The van der Waals surface area contributed by atoms with Crippen molar-refractivity contribution in [2.75, 3.05) is 33.2 Å². The first-order chi connectivity index (χ1) is 7.00. The van der Waals surface area contributed by atoms with Crippen LogP contribution in [0.4, 0.5) is 0 Å². The van der Waals surface area contributed by atoms with Gasteiger partial charge in [-0.15, -0.1) is 0 Å². The fourth-order valence-corrected chi connectivity index (χ4v) is 1.87. The second kappa shape index (κ2) is 5.47. The summed E-state index contributed by atoms with van der Waals surface area (Å²) in [6.45, 7) is 7.75. The highest BCUT2D eigenvalue weighted by molar-refractivity contribution is 5.81. The smallest absolute Gasteiger partial charge is 0.239 e. The topological polar surface area (TPSA) is 49.6 Å². The van der Waals surface area contributed by atoms with Crippen molar-refractivity contribution >= 4 is 5.91 Å². The average Bonchev–Trinajstić information content (AvgIpc) is 2.17. The standard InChI is InChI=1S/C11H23N3O/c1-9(2)8-10(12)11(15)14-6-4-13(3)5-7-14/h9-10H,4-8,12H2,1-3H3/t10-/m0/s1. The summed E-state index contributed by atoms with van der Waals surface area (Å²) in [5, 5.41) is 0. The van der Waals surface area contributed by atoms with Crippen molar-refractivity contribution in [1.29, 1.82) is 0 Å². The van der Waals surface area contributed by atoms with E-state index in [2.05, 4.69) is 25.8 Å². The second-order valence-electron chi connectivity index (χ2n) is 4.86. The number of hydrogen-bond acceptors (Lipinski definition) is 3. The van der Waals surface area contributed by atoms with Gasteiger partial charge < -0.3 is 15.5 Å². The molecule has 0 saturated carbocycles. The number of carbonyl (C=O) groups is 1. The molecule has 4 nitrogen and oxygen atoms in total. The van der Waals surface area contributed by atoms with Gasteiger partial charge in [0.1, 0.15) is 0 Å². The minimum absolute atomic E-state index is 0.122. The van der Waals surface area contributed by atoms with E-state index in [1.54, 1.807) is 0 Å². The summed E-state index contributed by atoms with van der Waals surface area (Å²) >= 11 is 0. The average molecular weight is 213 g/mol. The van der Waals surface area contributed by atoms with Crippen LogP contribution in [0.5, 0.6) is 0 Å². The number of piperazine rings is 1. The molecule has 1 aliphatic rings. The quantitative estimate of drug-likeness (QED) is 0.725. The fourth-order valence-electron chi connectivity index (χ4n) is 1.87. The molecule has 1 saturated heterocycles. The Bertz CT molecular complexity index is 210. The molecule has 0 radical (unpaired) electrons. The Kier molecular flexibility index (Phi) is 4.54. The Morgan fingerprint density at radius 1 is 1.27 bits per heavy atom. The van der Waals surface area contributed by atoms with Gasteiger partial charge in [-0.1, -0.05) is 13.8 Å². The molecule has 2 N–H and O–H groups in total. The summed E-state index contributed by atoms with van der Waals surface area (Å²) < 4.78 is 0. The van der Waals surface area contributed by atoms with Crippen molar-refractivity contribution in [3.05, 3.63) is 0 Å². The molecular weight excluding hydrogens is 190 g/mol. The minimum Gasteiger partial charge on any atom is -0.339 e. The molecule has 0 aliphatic carbocycles. The summed E-state index contributed by atoms with van der Waals surface area (Å²) in [6, 6.07) is -0.312. The van der Waals surface area contributed by atoms with E-state index >= 15 is 0 Å². The van der Waals surface area contributed by atoms with E-state index in [-0.39, 0.29) is 11.9 Å². The molecule has 1 heterocycles. The molecule has 0 aromatic heterocycles. The Morgan fingerprint density at radius 3 is 2.27 bits per heavy atom. The minimum atomic E-state index is -0.312. The first kappa shape index (κ1) is 12.5. The van der Waals surface area contributed by atoms with Gasteiger partial charge in [0.25, 0.3) is 0 Å². The zero-order chi connectivity index (χ0) is 11.4. The van der Waals surface area contributed by atoms with Crippen molar-refractivity contribution < 1.29 is 4.79 Å². The monoisotopic (exact) mass is 213 g/mol. The first-order valence-corrected chi connectivity index (χ1v) is 5.73. The van der Waals surface area contributed by atoms with Crippen molar-refractivity contribution in [2.24, 2.45) is 11.7 Å². The molecule has 4 heteroatoms. The third-order valence-electron chi connectivity index (χ3n) is 2.86. The van der Waals surface area contributed by atoms with E-state index in [0.717, 1.165) is 32.6 Å². The Morgan fingerprint density at radius 2 is 1.80 bits per heavy atom. The van der Waals surface area contributed by atoms with Crippen molar-refractivity contribution in [1.82, 2.24) is 9.80 Å². The molecule has 0 aromatic rings. The molecule has 88 valence electrons. The van der Waals surface area contributed by atoms with Gasteiger partial charge in [0.15, 0.2) is 0 Å². The maximum Gasteiger partial charge on any atom is 0.239 e. The highest BCUT2D eigenvalue weighted by Gasteiger charge is 2.24. The Hall–Kier alpha value is -0.610. The summed E-state index contributed by atoms with van der Waals surface area (Å²) in [6.07, 6.45) is 0.783. The van der Waals surface area contributed by atoms with Gasteiger partial charge in [0.2, 0.25) is 5.91 Å². The van der Waals surface area contributed by atoms with Crippen LogP contribution in [0.1, 0.15) is 20.3 Å². The second-order valence-corrected chi connectivity index (χ2v) is 4.86. The third kappa shape index (κ3) is 3.80. The van der Waals surface area contributed by atoms with Crippen LogP contribution in [0.15, 0.2) is 0 Å². The fraction of sp³-hybridized carbons (Fsp3) is 0.909.